The Labute approximate surface area is 95.6 Å². The minimum absolute atomic E-state index is 0.0902. The summed E-state index contributed by atoms with van der Waals surface area (Å²) in [4.78, 5) is 11.0. The van der Waals surface area contributed by atoms with Crippen molar-refractivity contribution in [1.82, 2.24) is 5.32 Å². The van der Waals surface area contributed by atoms with Crippen LogP contribution < -0.4 is 5.32 Å². The van der Waals surface area contributed by atoms with E-state index in [2.05, 4.69) is 5.32 Å². The number of rotatable bonds is 4. The Balaban J connectivity index is 2.81. The van der Waals surface area contributed by atoms with Crippen molar-refractivity contribution >= 4 is 15.7 Å². The molecule has 0 radical (unpaired) electrons. The summed E-state index contributed by atoms with van der Waals surface area (Å²) in [6.07, 6.45) is 0. The zero-order valence-corrected chi connectivity index (χ0v) is 10.2. The van der Waals surface area contributed by atoms with Crippen molar-refractivity contribution in [3.63, 3.8) is 0 Å². The van der Waals surface area contributed by atoms with Gasteiger partial charge in [0.15, 0.2) is 9.84 Å². The van der Waals surface area contributed by atoms with E-state index < -0.39 is 21.5 Å². The molecule has 16 heavy (non-hydrogen) atoms. The van der Waals surface area contributed by atoms with Crippen molar-refractivity contribution in [3.05, 3.63) is 35.4 Å². The van der Waals surface area contributed by atoms with E-state index in [1.54, 1.807) is 12.1 Å². The molecule has 0 saturated carbocycles. The van der Waals surface area contributed by atoms with Gasteiger partial charge in [0, 0.05) is 7.05 Å². The average molecular weight is 241 g/mol. The maximum absolute atomic E-state index is 11.7. The Morgan fingerprint density at radius 1 is 1.31 bits per heavy atom. The number of benzene rings is 1. The molecule has 1 amide bonds. The first kappa shape index (κ1) is 12.7. The lowest BCUT2D eigenvalue weighted by atomic mass is 10.1. The molecule has 0 saturated heterocycles. The molecule has 0 aliphatic rings. The quantitative estimate of drug-likeness (QED) is 0.842. The lowest BCUT2D eigenvalue weighted by molar-refractivity contribution is -0.118. The van der Waals surface area contributed by atoms with Crippen LogP contribution in [0.5, 0.6) is 0 Å². The second-order valence-corrected chi connectivity index (χ2v) is 5.70. The molecule has 4 nitrogen and oxygen atoms in total. The van der Waals surface area contributed by atoms with Crippen LogP contribution in [0.3, 0.4) is 0 Å². The largest absolute Gasteiger partial charge is 0.358 e. The van der Waals surface area contributed by atoms with Crippen LogP contribution in [0.2, 0.25) is 0 Å². The molecule has 1 rings (SSSR count). The summed E-state index contributed by atoms with van der Waals surface area (Å²) in [5.74, 6) is -1.03. The van der Waals surface area contributed by atoms with Gasteiger partial charge in [0.1, 0.15) is 5.75 Å². The maximum Gasteiger partial charge on any atom is 0.234 e. The Kier molecular flexibility index (Phi) is 4.06. The fourth-order valence-corrected chi connectivity index (χ4v) is 2.78. The van der Waals surface area contributed by atoms with Crippen LogP contribution in [0.25, 0.3) is 0 Å². The third-order valence-corrected chi connectivity index (χ3v) is 3.72. The van der Waals surface area contributed by atoms with Crippen LogP contribution in [0.1, 0.15) is 11.1 Å². The molecule has 1 N–H and O–H groups in total. The van der Waals surface area contributed by atoms with E-state index in [0.29, 0.717) is 0 Å². The summed E-state index contributed by atoms with van der Waals surface area (Å²) in [7, 11) is -1.96. The van der Waals surface area contributed by atoms with E-state index in [4.69, 9.17) is 0 Å². The molecule has 0 aliphatic carbocycles. The van der Waals surface area contributed by atoms with Gasteiger partial charge in [-0.25, -0.2) is 8.42 Å². The van der Waals surface area contributed by atoms with Crippen molar-refractivity contribution < 1.29 is 13.2 Å². The van der Waals surface area contributed by atoms with Crippen LogP contribution in [0.15, 0.2) is 24.3 Å². The third kappa shape index (κ3) is 3.66. The molecular formula is C11H15NO3S. The molecule has 1 aromatic rings. The van der Waals surface area contributed by atoms with E-state index >= 15 is 0 Å². The fraction of sp³-hybridized carbons (Fsp3) is 0.364. The number of nitrogens with one attached hydrogen (secondary N) is 1. The highest BCUT2D eigenvalue weighted by Crippen LogP contribution is 2.11. The number of hydrogen-bond donors (Lipinski definition) is 1. The summed E-state index contributed by atoms with van der Waals surface area (Å²) >= 11 is 0. The van der Waals surface area contributed by atoms with Gasteiger partial charge < -0.3 is 5.32 Å². The predicted octanol–water partition coefficient (Wildman–Crippen LogP) is 0.656. The van der Waals surface area contributed by atoms with Crippen LogP contribution in [-0.4, -0.2) is 27.1 Å². The molecule has 1 aromatic carbocycles. The number of carbonyl (C=O) groups excluding carboxylic acids is 1. The molecule has 5 heteroatoms. The van der Waals surface area contributed by atoms with Crippen molar-refractivity contribution in [3.8, 4) is 0 Å². The number of amides is 1. The minimum atomic E-state index is -3.38. The lowest BCUT2D eigenvalue weighted by Crippen LogP contribution is -2.27. The molecule has 0 fully saturated rings. The van der Waals surface area contributed by atoms with Crippen LogP contribution in [0, 0.1) is 6.92 Å². The van der Waals surface area contributed by atoms with Crippen molar-refractivity contribution in [2.75, 3.05) is 12.8 Å². The molecule has 88 valence electrons. The number of carbonyl (C=O) groups is 1. The topological polar surface area (TPSA) is 63.2 Å². The summed E-state index contributed by atoms with van der Waals surface area (Å²) in [6, 6.07) is 7.25. The van der Waals surface area contributed by atoms with Gasteiger partial charge in [-0.15, -0.1) is 0 Å². The monoisotopic (exact) mass is 241 g/mol. The summed E-state index contributed by atoms with van der Waals surface area (Å²) < 4.78 is 23.3. The van der Waals surface area contributed by atoms with Gasteiger partial charge in [0.05, 0.1) is 5.75 Å². The Bertz CT molecular complexity index is 480. The zero-order valence-electron chi connectivity index (χ0n) is 9.36. The van der Waals surface area contributed by atoms with Crippen LogP contribution in [-0.2, 0) is 20.4 Å². The smallest absolute Gasteiger partial charge is 0.234 e. The summed E-state index contributed by atoms with van der Waals surface area (Å²) in [6.45, 7) is 1.85. The lowest BCUT2D eigenvalue weighted by Gasteiger charge is -2.06. The molecule has 0 aromatic heterocycles. The highest BCUT2D eigenvalue weighted by Gasteiger charge is 2.17. The third-order valence-electron chi connectivity index (χ3n) is 2.27. The van der Waals surface area contributed by atoms with Gasteiger partial charge in [0.2, 0.25) is 5.91 Å². The standard InChI is InChI=1S/C11H15NO3S/c1-9-5-3-4-6-10(9)7-16(14,15)8-11(13)12-2/h3-6H,7-8H2,1-2H3,(H,12,13). The Morgan fingerprint density at radius 3 is 2.50 bits per heavy atom. The minimum Gasteiger partial charge on any atom is -0.358 e. The SMILES string of the molecule is CNC(=O)CS(=O)(=O)Cc1ccccc1C. The molecule has 0 unspecified atom stereocenters. The first-order chi connectivity index (χ1) is 7.44. The predicted molar refractivity (Wildman–Crippen MR) is 62.7 cm³/mol. The molecule has 0 heterocycles. The van der Waals surface area contributed by atoms with Gasteiger partial charge >= 0.3 is 0 Å². The van der Waals surface area contributed by atoms with Gasteiger partial charge in [-0.2, -0.15) is 0 Å². The molecule has 0 aliphatic heterocycles. The van der Waals surface area contributed by atoms with E-state index in [-0.39, 0.29) is 5.75 Å². The molecule has 0 atom stereocenters. The fourth-order valence-electron chi connectivity index (χ4n) is 1.33. The number of aryl methyl sites for hydroxylation is 1. The maximum atomic E-state index is 11.7. The summed E-state index contributed by atoms with van der Waals surface area (Å²) in [5.41, 5.74) is 1.66. The van der Waals surface area contributed by atoms with Crippen molar-refractivity contribution in [1.29, 1.82) is 0 Å². The highest BCUT2D eigenvalue weighted by atomic mass is 32.2. The summed E-state index contributed by atoms with van der Waals surface area (Å²) in [5, 5.41) is 2.30. The first-order valence-corrected chi connectivity index (χ1v) is 6.72. The van der Waals surface area contributed by atoms with E-state index in [0.717, 1.165) is 11.1 Å². The van der Waals surface area contributed by atoms with Gasteiger partial charge in [-0.05, 0) is 18.1 Å². The van der Waals surface area contributed by atoms with Crippen molar-refractivity contribution in [2.45, 2.75) is 12.7 Å². The Hall–Kier alpha value is -1.36. The average Bonchev–Trinajstić information content (AvgIpc) is 2.20. The van der Waals surface area contributed by atoms with E-state index in [9.17, 15) is 13.2 Å². The van der Waals surface area contributed by atoms with Gasteiger partial charge in [-0.3, -0.25) is 4.79 Å². The van der Waals surface area contributed by atoms with Crippen LogP contribution in [0.4, 0.5) is 0 Å². The second-order valence-electron chi connectivity index (χ2n) is 3.63. The van der Waals surface area contributed by atoms with E-state index in [1.165, 1.54) is 7.05 Å². The first-order valence-electron chi connectivity index (χ1n) is 4.90. The van der Waals surface area contributed by atoms with Gasteiger partial charge in [-0.1, -0.05) is 24.3 Å². The molecular weight excluding hydrogens is 226 g/mol. The highest BCUT2D eigenvalue weighted by molar-refractivity contribution is 7.91. The van der Waals surface area contributed by atoms with E-state index in [1.807, 2.05) is 19.1 Å². The normalized spacial score (nSPS) is 11.1. The Morgan fingerprint density at radius 2 is 1.94 bits per heavy atom. The molecule has 0 spiro atoms. The van der Waals surface area contributed by atoms with Gasteiger partial charge in [0.25, 0.3) is 0 Å². The molecule has 0 bridgehead atoms. The number of hydrogen-bond acceptors (Lipinski definition) is 3. The number of sulfone groups is 1. The second kappa shape index (κ2) is 5.12. The zero-order chi connectivity index (χ0) is 12.2. The van der Waals surface area contributed by atoms with Crippen LogP contribution >= 0.6 is 0 Å². The van der Waals surface area contributed by atoms with Crippen molar-refractivity contribution in [2.24, 2.45) is 0 Å².